The van der Waals surface area contributed by atoms with E-state index in [1.165, 1.54) is 119 Å². The first kappa shape index (κ1) is 48.1. The van der Waals surface area contributed by atoms with Crippen LogP contribution in [0.15, 0.2) is 60.7 Å². The van der Waals surface area contributed by atoms with Gasteiger partial charge in [-0.1, -0.05) is 136 Å². The molecule has 0 radical (unpaired) electrons. The minimum Gasteiger partial charge on any atom is -0.461 e. The summed E-state index contributed by atoms with van der Waals surface area (Å²) in [6, 6.07) is 16.6. The molecule has 10 atom stereocenters. The Labute approximate surface area is 384 Å². The molecule has 0 unspecified atom stereocenters. The number of hydrogen-bond acceptors (Lipinski definition) is 4. The Morgan fingerprint density at radius 1 is 0.635 bits per heavy atom. The molecule has 5 saturated carbocycles. The summed E-state index contributed by atoms with van der Waals surface area (Å²) in [6.45, 7) is 24.7. The average Bonchev–Trinajstić information content (AvgIpc) is 3.67. The number of rotatable bonds is 19. The largest absolute Gasteiger partial charge is 0.461 e. The normalized spacial score (nSPS) is 34.2. The third-order valence-corrected chi connectivity index (χ3v) is 19.7. The lowest BCUT2D eigenvalue weighted by molar-refractivity contribution is -0.255. The van der Waals surface area contributed by atoms with Crippen LogP contribution >= 0.6 is 0 Å². The predicted octanol–water partition coefficient (Wildman–Crippen LogP) is 16.1. The zero-order chi connectivity index (χ0) is 45.0. The van der Waals surface area contributed by atoms with Crippen LogP contribution in [0, 0.1) is 56.7 Å². The summed E-state index contributed by atoms with van der Waals surface area (Å²) in [5.74, 6) is 2.43. The first-order valence-electron chi connectivity index (χ1n) is 26.4. The number of ether oxygens (including phenoxy) is 2. The standard InChI is InChI=1S/C59H88O4/c1-10-13-15-17-19-21-43-23-27-45(28-24-43)53(60)62-41-58-38-33-47(42(4)5)52(58)48-31-32-50-56(8)36-35-51(55(6,7)49(56)34-37-57(50,9)59(48,12-3)40-39-58)63-54(61)46-29-25-44(26-30-46)22-20-18-16-14-11-2/h23-30,47-52H,4,10-22,31-41H2,1-3,5-9H3/t47-,48+,49-,50+,51-,52+,56-,57+,58+,59+/m0/s1. The molecule has 5 aliphatic rings. The van der Waals surface area contributed by atoms with Gasteiger partial charge in [-0.05, 0) is 184 Å². The lowest BCUT2D eigenvalue weighted by Gasteiger charge is -2.73. The number of carbonyl (C=O) groups excluding carboxylic acids is 2. The van der Waals surface area contributed by atoms with Gasteiger partial charge >= 0.3 is 11.9 Å². The maximum absolute atomic E-state index is 13.8. The number of aryl methyl sites for hydroxylation is 2. The van der Waals surface area contributed by atoms with Gasteiger partial charge in [0.1, 0.15) is 6.10 Å². The van der Waals surface area contributed by atoms with Crippen LogP contribution in [-0.2, 0) is 22.3 Å². The number of hydrogen-bond donors (Lipinski definition) is 0. The van der Waals surface area contributed by atoms with E-state index in [0.717, 1.165) is 44.9 Å². The number of allylic oxidation sites excluding steroid dienone is 1. The summed E-state index contributed by atoms with van der Waals surface area (Å²) in [4.78, 5) is 27.5. The molecule has 4 heteroatoms. The molecular formula is C59H88O4. The van der Waals surface area contributed by atoms with Gasteiger partial charge < -0.3 is 9.47 Å². The summed E-state index contributed by atoms with van der Waals surface area (Å²) in [5, 5.41) is 0. The van der Waals surface area contributed by atoms with Gasteiger partial charge in [0.2, 0.25) is 0 Å². The number of benzene rings is 2. The molecule has 4 nitrogen and oxygen atoms in total. The summed E-state index contributed by atoms with van der Waals surface area (Å²) in [5.41, 5.74) is 5.94. The second kappa shape index (κ2) is 19.9. The van der Waals surface area contributed by atoms with Crippen molar-refractivity contribution in [3.8, 4) is 0 Å². The second-order valence-electron chi connectivity index (χ2n) is 23.2. The lowest BCUT2D eigenvalue weighted by Crippen LogP contribution is -2.67. The summed E-state index contributed by atoms with van der Waals surface area (Å²) < 4.78 is 13.0. The van der Waals surface area contributed by atoms with Crippen molar-refractivity contribution in [1.29, 1.82) is 0 Å². The molecule has 2 aromatic rings. The van der Waals surface area contributed by atoms with E-state index in [9.17, 15) is 9.59 Å². The van der Waals surface area contributed by atoms with Gasteiger partial charge in [-0.25, -0.2) is 9.59 Å². The molecular weight excluding hydrogens is 773 g/mol. The fourth-order valence-electron chi connectivity index (χ4n) is 16.3. The highest BCUT2D eigenvalue weighted by Gasteiger charge is 2.72. The van der Waals surface area contributed by atoms with Crippen molar-refractivity contribution < 1.29 is 19.1 Å². The molecule has 0 amide bonds. The van der Waals surface area contributed by atoms with Crippen LogP contribution in [0.5, 0.6) is 0 Å². The minimum atomic E-state index is -0.157. The molecule has 63 heavy (non-hydrogen) atoms. The molecule has 0 aromatic heterocycles. The minimum absolute atomic E-state index is 0.0177. The van der Waals surface area contributed by atoms with Crippen LogP contribution in [0.1, 0.15) is 222 Å². The van der Waals surface area contributed by atoms with Crippen molar-refractivity contribution >= 4 is 11.9 Å². The van der Waals surface area contributed by atoms with E-state index >= 15 is 0 Å². The maximum atomic E-state index is 13.8. The van der Waals surface area contributed by atoms with Crippen LogP contribution in [0.4, 0.5) is 0 Å². The second-order valence-corrected chi connectivity index (χ2v) is 23.2. The quantitative estimate of drug-likeness (QED) is 0.0802. The van der Waals surface area contributed by atoms with Crippen molar-refractivity contribution in [3.63, 3.8) is 0 Å². The van der Waals surface area contributed by atoms with Crippen molar-refractivity contribution in [2.45, 2.75) is 209 Å². The third kappa shape index (κ3) is 9.16. The predicted molar refractivity (Wildman–Crippen MR) is 261 cm³/mol. The molecule has 5 fully saturated rings. The van der Waals surface area contributed by atoms with Gasteiger partial charge in [-0.3, -0.25) is 0 Å². The fourth-order valence-corrected chi connectivity index (χ4v) is 16.3. The van der Waals surface area contributed by atoms with Crippen molar-refractivity contribution in [2.24, 2.45) is 56.7 Å². The molecule has 7 rings (SSSR count). The van der Waals surface area contributed by atoms with E-state index in [1.54, 1.807) is 0 Å². The molecule has 0 bridgehead atoms. The van der Waals surface area contributed by atoms with E-state index < -0.39 is 0 Å². The van der Waals surface area contributed by atoms with Crippen molar-refractivity contribution in [2.75, 3.05) is 6.61 Å². The Kier molecular flexibility index (Phi) is 15.2. The molecule has 348 valence electrons. The Bertz CT molecular complexity index is 1860. The van der Waals surface area contributed by atoms with Gasteiger partial charge in [0.05, 0.1) is 17.7 Å². The molecule has 0 heterocycles. The van der Waals surface area contributed by atoms with Gasteiger partial charge in [0.15, 0.2) is 0 Å². The molecule has 0 N–H and O–H groups in total. The highest BCUT2D eigenvalue weighted by atomic mass is 16.5. The topological polar surface area (TPSA) is 52.6 Å². The first-order chi connectivity index (χ1) is 30.2. The lowest BCUT2D eigenvalue weighted by atomic mass is 9.31. The highest BCUT2D eigenvalue weighted by Crippen LogP contribution is 2.78. The highest BCUT2D eigenvalue weighted by molar-refractivity contribution is 5.90. The summed E-state index contributed by atoms with van der Waals surface area (Å²) >= 11 is 0. The van der Waals surface area contributed by atoms with Gasteiger partial charge in [-0.2, -0.15) is 0 Å². The van der Waals surface area contributed by atoms with Crippen molar-refractivity contribution in [3.05, 3.63) is 82.9 Å². The zero-order valence-corrected chi connectivity index (χ0v) is 41.4. The van der Waals surface area contributed by atoms with Crippen LogP contribution in [0.3, 0.4) is 0 Å². The van der Waals surface area contributed by atoms with E-state index in [1.807, 2.05) is 24.3 Å². The Hall–Kier alpha value is -2.88. The number of esters is 2. The monoisotopic (exact) mass is 861 g/mol. The molecule has 2 aromatic carbocycles. The van der Waals surface area contributed by atoms with Crippen molar-refractivity contribution in [1.82, 2.24) is 0 Å². The van der Waals surface area contributed by atoms with Gasteiger partial charge in [-0.15, -0.1) is 0 Å². The third-order valence-electron chi connectivity index (χ3n) is 19.7. The van der Waals surface area contributed by atoms with E-state index in [-0.39, 0.29) is 45.1 Å². The SMILES string of the molecule is C=C(C)[C@@H]1CC[C@]2(COC(=O)c3ccc(CCCCCCC)cc3)CC[C@]3(CC)[C@H](CC[C@@H]4[C@@]5(C)CC[C@H](OC(=O)c6ccc(CCCCCCC)cc6)C(C)(C)[C@@H]5CC[C@]43C)[C@@H]12. The number of carbonyl (C=O) groups is 2. The van der Waals surface area contributed by atoms with Crippen LogP contribution in [0.2, 0.25) is 0 Å². The van der Waals surface area contributed by atoms with E-state index in [0.29, 0.717) is 47.3 Å². The van der Waals surface area contributed by atoms with Crippen LogP contribution in [-0.4, -0.2) is 24.6 Å². The molecule has 0 saturated heterocycles. The van der Waals surface area contributed by atoms with E-state index in [2.05, 4.69) is 86.2 Å². The van der Waals surface area contributed by atoms with Gasteiger partial charge in [0, 0.05) is 10.8 Å². The van der Waals surface area contributed by atoms with Crippen LogP contribution in [0.25, 0.3) is 0 Å². The number of fused-ring (bicyclic) bond motifs is 7. The van der Waals surface area contributed by atoms with E-state index in [4.69, 9.17) is 9.47 Å². The Morgan fingerprint density at radius 2 is 1.22 bits per heavy atom. The Morgan fingerprint density at radius 3 is 1.79 bits per heavy atom. The summed E-state index contributed by atoms with van der Waals surface area (Å²) in [7, 11) is 0. The zero-order valence-electron chi connectivity index (χ0n) is 41.4. The number of unbranched alkanes of at least 4 members (excludes halogenated alkanes) is 8. The molecule has 5 aliphatic carbocycles. The average molecular weight is 861 g/mol. The molecule has 0 aliphatic heterocycles. The molecule has 0 spiro atoms. The smallest absolute Gasteiger partial charge is 0.338 e. The van der Waals surface area contributed by atoms with Crippen LogP contribution < -0.4 is 0 Å². The van der Waals surface area contributed by atoms with Gasteiger partial charge in [0.25, 0.3) is 0 Å². The first-order valence-corrected chi connectivity index (χ1v) is 26.4. The fraction of sp³-hybridized carbons (Fsp3) is 0.729. The Balaban J connectivity index is 1.03. The maximum Gasteiger partial charge on any atom is 0.338 e. The summed E-state index contributed by atoms with van der Waals surface area (Å²) in [6.07, 6.45) is 27.8.